The van der Waals surface area contributed by atoms with Gasteiger partial charge in [-0.25, -0.2) is 9.18 Å². The van der Waals surface area contributed by atoms with Crippen molar-refractivity contribution >= 4 is 5.91 Å². The fourth-order valence-corrected chi connectivity index (χ4v) is 4.48. The van der Waals surface area contributed by atoms with Gasteiger partial charge in [0.1, 0.15) is 24.2 Å². The van der Waals surface area contributed by atoms with Gasteiger partial charge in [0.25, 0.3) is 0 Å². The fraction of sp³-hybridized carbons (Fsp3) is 0.476. The summed E-state index contributed by atoms with van der Waals surface area (Å²) in [4.78, 5) is 30.7. The Kier molecular flexibility index (Phi) is 4.91. The van der Waals surface area contributed by atoms with Gasteiger partial charge in [0.05, 0.1) is 0 Å². The number of aryl methyl sites for hydroxylation is 2. The number of hydrogen-bond acceptors (Lipinski definition) is 4. The van der Waals surface area contributed by atoms with Crippen LogP contribution >= 0.6 is 0 Å². The summed E-state index contributed by atoms with van der Waals surface area (Å²) >= 11 is 0. The third kappa shape index (κ3) is 3.66. The van der Waals surface area contributed by atoms with Gasteiger partial charge in [0.15, 0.2) is 0 Å². The Balaban J connectivity index is 1.42. The van der Waals surface area contributed by atoms with E-state index in [9.17, 15) is 14.0 Å². The van der Waals surface area contributed by atoms with Gasteiger partial charge in [-0.2, -0.15) is 4.98 Å². The molecule has 1 saturated carbocycles. The number of aromatic nitrogens is 2. The van der Waals surface area contributed by atoms with Gasteiger partial charge in [-0.3, -0.25) is 9.36 Å². The Hall–Kier alpha value is -2.70. The van der Waals surface area contributed by atoms with E-state index in [4.69, 9.17) is 4.74 Å². The Bertz CT molecular complexity index is 958. The van der Waals surface area contributed by atoms with Crippen molar-refractivity contribution in [3.8, 4) is 5.75 Å². The maximum absolute atomic E-state index is 13.4. The summed E-state index contributed by atoms with van der Waals surface area (Å²) in [5.41, 5.74) is 0.995. The minimum atomic E-state index is -0.391. The highest BCUT2D eigenvalue weighted by Gasteiger charge is 2.45. The van der Waals surface area contributed by atoms with E-state index in [2.05, 4.69) is 4.98 Å². The number of likely N-dealkylation sites (tertiary alicyclic amines) is 1. The van der Waals surface area contributed by atoms with Gasteiger partial charge in [-0.1, -0.05) is 6.07 Å². The van der Waals surface area contributed by atoms with Crippen LogP contribution in [0.4, 0.5) is 4.39 Å². The van der Waals surface area contributed by atoms with E-state index in [-0.39, 0.29) is 30.3 Å². The van der Waals surface area contributed by atoms with Crippen molar-refractivity contribution in [2.45, 2.75) is 39.3 Å². The Labute approximate surface area is 163 Å². The van der Waals surface area contributed by atoms with Crippen molar-refractivity contribution in [3.63, 3.8) is 0 Å². The van der Waals surface area contributed by atoms with Crippen molar-refractivity contribution in [1.82, 2.24) is 14.5 Å². The fourth-order valence-electron chi connectivity index (χ4n) is 4.48. The lowest BCUT2D eigenvalue weighted by Gasteiger charge is -2.22. The standard InChI is InChI=1S/C21H24FN3O3/c1-13-8-14(2)25(21(27)23-13)12-20(26)24-10-15-6-7-19(18(15)11-24)28-17-5-3-4-16(22)9-17/h3-5,8-9,15,18-19H,6-7,10-12H2,1-2H3/t15-,18+,19-/m0/s1. The monoisotopic (exact) mass is 385 g/mol. The number of fused-ring (bicyclic) bond motifs is 1. The number of benzene rings is 1. The molecule has 3 atom stereocenters. The molecule has 1 aliphatic heterocycles. The molecule has 1 aromatic heterocycles. The summed E-state index contributed by atoms with van der Waals surface area (Å²) in [6, 6.07) is 7.98. The molecule has 1 amide bonds. The molecule has 1 aromatic carbocycles. The zero-order chi connectivity index (χ0) is 19.8. The number of ether oxygens (including phenoxy) is 1. The minimum absolute atomic E-state index is 0.00675. The van der Waals surface area contributed by atoms with E-state index in [0.717, 1.165) is 18.5 Å². The highest BCUT2D eigenvalue weighted by molar-refractivity contribution is 5.76. The van der Waals surface area contributed by atoms with E-state index >= 15 is 0 Å². The molecule has 2 fully saturated rings. The molecule has 28 heavy (non-hydrogen) atoms. The highest BCUT2D eigenvalue weighted by Crippen LogP contribution is 2.40. The summed E-state index contributed by atoms with van der Waals surface area (Å²) in [5.74, 6) is 0.763. The first-order chi connectivity index (χ1) is 13.4. The smallest absolute Gasteiger partial charge is 0.348 e. The molecule has 1 saturated heterocycles. The number of rotatable bonds is 4. The number of nitrogens with zero attached hydrogens (tertiary/aromatic N) is 3. The van der Waals surface area contributed by atoms with Crippen LogP contribution in [0.25, 0.3) is 0 Å². The first-order valence-corrected chi connectivity index (χ1v) is 9.66. The van der Waals surface area contributed by atoms with Crippen LogP contribution in [-0.2, 0) is 11.3 Å². The predicted molar refractivity (Wildman–Crippen MR) is 102 cm³/mol. The zero-order valence-electron chi connectivity index (χ0n) is 16.1. The zero-order valence-corrected chi connectivity index (χ0v) is 16.1. The van der Waals surface area contributed by atoms with Gasteiger partial charge < -0.3 is 9.64 Å². The van der Waals surface area contributed by atoms with Crippen molar-refractivity contribution < 1.29 is 13.9 Å². The number of hydrogen-bond donors (Lipinski definition) is 0. The molecule has 7 heteroatoms. The molecule has 6 nitrogen and oxygen atoms in total. The molecule has 2 aliphatic rings. The number of carbonyl (C=O) groups is 1. The third-order valence-corrected chi connectivity index (χ3v) is 5.87. The van der Waals surface area contributed by atoms with E-state index < -0.39 is 5.69 Å². The first-order valence-electron chi connectivity index (χ1n) is 9.66. The van der Waals surface area contributed by atoms with Gasteiger partial charge in [0.2, 0.25) is 5.91 Å². The maximum Gasteiger partial charge on any atom is 0.348 e. The van der Waals surface area contributed by atoms with Crippen LogP contribution in [0.1, 0.15) is 24.2 Å². The maximum atomic E-state index is 13.4. The predicted octanol–water partition coefficient (Wildman–Crippen LogP) is 2.32. The summed E-state index contributed by atoms with van der Waals surface area (Å²) < 4.78 is 20.9. The number of halogens is 1. The molecule has 0 radical (unpaired) electrons. The first kappa shape index (κ1) is 18.7. The second-order valence-electron chi connectivity index (χ2n) is 7.82. The minimum Gasteiger partial charge on any atom is -0.490 e. The molecular weight excluding hydrogens is 361 g/mol. The SMILES string of the molecule is Cc1cc(C)n(CC(=O)N2C[C@@H]3CC[C@H](Oc4cccc(F)c4)[C@@H]3C2)c(=O)n1. The van der Waals surface area contributed by atoms with Crippen LogP contribution in [0.15, 0.2) is 35.1 Å². The molecule has 0 N–H and O–H groups in total. The Morgan fingerprint density at radius 2 is 2.07 bits per heavy atom. The summed E-state index contributed by atoms with van der Waals surface area (Å²) in [6.45, 7) is 4.87. The molecule has 4 rings (SSSR count). The van der Waals surface area contributed by atoms with Crippen LogP contribution < -0.4 is 10.4 Å². The molecule has 0 spiro atoms. The van der Waals surface area contributed by atoms with Crippen LogP contribution in [0.5, 0.6) is 5.75 Å². The summed E-state index contributed by atoms with van der Waals surface area (Å²) in [7, 11) is 0. The van der Waals surface area contributed by atoms with E-state index in [1.165, 1.54) is 16.7 Å². The van der Waals surface area contributed by atoms with Crippen molar-refractivity contribution in [2.75, 3.05) is 13.1 Å². The van der Waals surface area contributed by atoms with Crippen molar-refractivity contribution in [2.24, 2.45) is 11.8 Å². The highest BCUT2D eigenvalue weighted by atomic mass is 19.1. The van der Waals surface area contributed by atoms with Crippen LogP contribution in [0.2, 0.25) is 0 Å². The number of carbonyl (C=O) groups excluding carboxylic acids is 1. The van der Waals surface area contributed by atoms with Gasteiger partial charge >= 0.3 is 5.69 Å². The lowest BCUT2D eigenvalue weighted by Crippen LogP contribution is -2.38. The Morgan fingerprint density at radius 3 is 2.82 bits per heavy atom. The van der Waals surface area contributed by atoms with Crippen molar-refractivity contribution in [1.29, 1.82) is 0 Å². The van der Waals surface area contributed by atoms with Crippen molar-refractivity contribution in [3.05, 3.63) is 58.0 Å². The normalized spacial score (nSPS) is 23.7. The molecule has 0 unspecified atom stereocenters. The van der Waals surface area contributed by atoms with Gasteiger partial charge in [-0.05, 0) is 50.8 Å². The van der Waals surface area contributed by atoms with Crippen LogP contribution in [0.3, 0.4) is 0 Å². The quantitative estimate of drug-likeness (QED) is 0.810. The average Bonchev–Trinajstić information content (AvgIpc) is 3.20. The largest absolute Gasteiger partial charge is 0.490 e. The summed E-state index contributed by atoms with van der Waals surface area (Å²) in [6.07, 6.45) is 1.88. The number of amides is 1. The van der Waals surface area contributed by atoms with E-state index in [1.807, 2.05) is 11.8 Å². The van der Waals surface area contributed by atoms with E-state index in [0.29, 0.717) is 30.5 Å². The summed E-state index contributed by atoms with van der Waals surface area (Å²) in [5, 5.41) is 0. The third-order valence-electron chi connectivity index (χ3n) is 5.87. The van der Waals surface area contributed by atoms with E-state index in [1.54, 1.807) is 25.1 Å². The molecule has 2 heterocycles. The molecule has 1 aliphatic carbocycles. The second-order valence-corrected chi connectivity index (χ2v) is 7.82. The molecule has 0 bridgehead atoms. The molecule has 148 valence electrons. The lowest BCUT2D eigenvalue weighted by molar-refractivity contribution is -0.131. The molecule has 2 aromatic rings. The van der Waals surface area contributed by atoms with Gasteiger partial charge in [-0.15, -0.1) is 0 Å². The van der Waals surface area contributed by atoms with Crippen LogP contribution in [0, 0.1) is 31.5 Å². The Morgan fingerprint density at radius 1 is 1.25 bits per heavy atom. The van der Waals surface area contributed by atoms with Gasteiger partial charge in [0, 0.05) is 36.5 Å². The average molecular weight is 385 g/mol. The lowest BCUT2D eigenvalue weighted by atomic mass is 9.99. The second kappa shape index (κ2) is 7.37. The van der Waals surface area contributed by atoms with Crippen LogP contribution in [-0.4, -0.2) is 39.6 Å². The topological polar surface area (TPSA) is 64.4 Å². The molecular formula is C21H24FN3O3.